The number of hydrogen-bond donors (Lipinski definition) is 2. The second-order valence-electron chi connectivity index (χ2n) is 3.06. The van der Waals surface area contributed by atoms with Gasteiger partial charge in [0, 0.05) is 10.2 Å². The standard InChI is InChI=1S/C10H8BrClN4/c11-6-1-3-7(4-2-6)15-9-8(12)5-14-10(13)16-9/h1-5H,(H3,13,14,15,16). The Balaban J connectivity index is 2.26. The molecule has 3 N–H and O–H groups in total. The van der Waals surface area contributed by atoms with Crippen LogP contribution in [0.3, 0.4) is 0 Å². The number of aromatic nitrogens is 2. The van der Waals surface area contributed by atoms with E-state index in [9.17, 15) is 0 Å². The summed E-state index contributed by atoms with van der Waals surface area (Å²) in [4.78, 5) is 7.78. The molecule has 82 valence electrons. The molecule has 0 saturated heterocycles. The third kappa shape index (κ3) is 2.62. The molecule has 0 aliphatic carbocycles. The van der Waals surface area contributed by atoms with Gasteiger partial charge in [-0.3, -0.25) is 0 Å². The van der Waals surface area contributed by atoms with Gasteiger partial charge < -0.3 is 11.1 Å². The third-order valence-corrected chi connectivity index (χ3v) is 2.67. The average molecular weight is 300 g/mol. The minimum absolute atomic E-state index is 0.184. The summed E-state index contributed by atoms with van der Waals surface area (Å²) >= 11 is 9.28. The van der Waals surface area contributed by atoms with E-state index in [-0.39, 0.29) is 5.95 Å². The van der Waals surface area contributed by atoms with Crippen molar-refractivity contribution in [1.29, 1.82) is 0 Å². The van der Waals surface area contributed by atoms with Gasteiger partial charge >= 0.3 is 0 Å². The zero-order valence-corrected chi connectivity index (χ0v) is 10.5. The summed E-state index contributed by atoms with van der Waals surface area (Å²) in [6.07, 6.45) is 1.46. The third-order valence-electron chi connectivity index (χ3n) is 1.87. The smallest absolute Gasteiger partial charge is 0.222 e. The molecule has 0 unspecified atom stereocenters. The summed E-state index contributed by atoms with van der Waals surface area (Å²) in [5.74, 6) is 0.681. The zero-order valence-electron chi connectivity index (χ0n) is 8.11. The molecule has 2 rings (SSSR count). The highest BCUT2D eigenvalue weighted by Crippen LogP contribution is 2.23. The molecule has 2 aromatic rings. The highest BCUT2D eigenvalue weighted by molar-refractivity contribution is 9.10. The minimum atomic E-state index is 0.184. The van der Waals surface area contributed by atoms with E-state index in [1.165, 1.54) is 6.20 Å². The predicted molar refractivity (Wildman–Crippen MR) is 68.9 cm³/mol. The van der Waals surface area contributed by atoms with E-state index in [0.29, 0.717) is 10.8 Å². The van der Waals surface area contributed by atoms with Crippen molar-refractivity contribution < 1.29 is 0 Å². The summed E-state index contributed by atoms with van der Waals surface area (Å²) < 4.78 is 1.01. The number of rotatable bonds is 2. The van der Waals surface area contributed by atoms with Gasteiger partial charge in [0.05, 0.1) is 6.20 Å². The van der Waals surface area contributed by atoms with Crippen LogP contribution in [0.25, 0.3) is 0 Å². The molecule has 0 aliphatic rings. The zero-order chi connectivity index (χ0) is 11.5. The van der Waals surface area contributed by atoms with Crippen molar-refractivity contribution >= 4 is 45.0 Å². The highest BCUT2D eigenvalue weighted by Gasteiger charge is 2.03. The Morgan fingerprint density at radius 2 is 1.94 bits per heavy atom. The highest BCUT2D eigenvalue weighted by atomic mass is 79.9. The molecule has 0 bridgehead atoms. The Morgan fingerprint density at radius 3 is 2.62 bits per heavy atom. The van der Waals surface area contributed by atoms with Gasteiger partial charge in [-0.1, -0.05) is 27.5 Å². The Kier molecular flexibility index (Phi) is 3.26. The van der Waals surface area contributed by atoms with E-state index in [2.05, 4.69) is 31.2 Å². The fourth-order valence-electron chi connectivity index (χ4n) is 1.14. The van der Waals surface area contributed by atoms with Crippen LogP contribution in [0.15, 0.2) is 34.9 Å². The number of nitrogens with zero attached hydrogens (tertiary/aromatic N) is 2. The number of hydrogen-bond acceptors (Lipinski definition) is 4. The molecule has 4 nitrogen and oxygen atoms in total. The summed E-state index contributed by atoms with van der Waals surface area (Å²) in [5, 5.41) is 3.48. The lowest BCUT2D eigenvalue weighted by Crippen LogP contribution is -2.00. The van der Waals surface area contributed by atoms with Crippen LogP contribution in [0.4, 0.5) is 17.5 Å². The van der Waals surface area contributed by atoms with Crippen LogP contribution in [-0.2, 0) is 0 Å². The van der Waals surface area contributed by atoms with E-state index < -0.39 is 0 Å². The number of anilines is 3. The van der Waals surface area contributed by atoms with Crippen molar-refractivity contribution in [1.82, 2.24) is 9.97 Å². The number of halogens is 2. The molecular weight excluding hydrogens is 291 g/mol. The monoisotopic (exact) mass is 298 g/mol. The van der Waals surface area contributed by atoms with E-state index in [1.807, 2.05) is 24.3 Å². The molecule has 1 aromatic carbocycles. The van der Waals surface area contributed by atoms with Crippen LogP contribution in [-0.4, -0.2) is 9.97 Å². The maximum Gasteiger partial charge on any atom is 0.222 e. The number of nitrogens with one attached hydrogen (secondary N) is 1. The van der Waals surface area contributed by atoms with Crippen molar-refractivity contribution in [3.05, 3.63) is 40.0 Å². The topological polar surface area (TPSA) is 63.8 Å². The summed E-state index contributed by atoms with van der Waals surface area (Å²) in [6.45, 7) is 0. The maximum absolute atomic E-state index is 5.93. The fraction of sp³-hybridized carbons (Fsp3) is 0. The first kappa shape index (κ1) is 11.2. The minimum Gasteiger partial charge on any atom is -0.368 e. The predicted octanol–water partition coefficient (Wildman–Crippen LogP) is 3.22. The Hall–Kier alpha value is -1.33. The van der Waals surface area contributed by atoms with Gasteiger partial charge in [0.1, 0.15) is 5.02 Å². The van der Waals surface area contributed by atoms with Crippen LogP contribution in [0, 0.1) is 0 Å². The summed E-state index contributed by atoms with van der Waals surface area (Å²) in [6, 6.07) is 7.64. The fourth-order valence-corrected chi connectivity index (χ4v) is 1.54. The molecule has 6 heteroatoms. The first-order valence-corrected chi connectivity index (χ1v) is 5.63. The molecule has 0 saturated carbocycles. The van der Waals surface area contributed by atoms with Gasteiger partial charge in [0.15, 0.2) is 5.82 Å². The molecule has 1 heterocycles. The van der Waals surface area contributed by atoms with Gasteiger partial charge in [0.2, 0.25) is 5.95 Å². The molecule has 0 amide bonds. The molecule has 0 radical (unpaired) electrons. The molecule has 16 heavy (non-hydrogen) atoms. The van der Waals surface area contributed by atoms with Gasteiger partial charge in [-0.15, -0.1) is 0 Å². The number of nitrogen functional groups attached to an aromatic ring is 1. The Bertz CT molecular complexity index is 501. The van der Waals surface area contributed by atoms with Crippen molar-refractivity contribution in [3.63, 3.8) is 0 Å². The molecule has 0 spiro atoms. The Labute approximate surface area is 106 Å². The van der Waals surface area contributed by atoms with E-state index >= 15 is 0 Å². The van der Waals surface area contributed by atoms with E-state index in [0.717, 1.165) is 10.2 Å². The lowest BCUT2D eigenvalue weighted by atomic mass is 10.3. The van der Waals surface area contributed by atoms with Gasteiger partial charge in [-0.25, -0.2) is 4.98 Å². The second kappa shape index (κ2) is 4.67. The van der Waals surface area contributed by atoms with Crippen LogP contribution in [0.1, 0.15) is 0 Å². The van der Waals surface area contributed by atoms with Crippen LogP contribution < -0.4 is 11.1 Å². The molecule has 1 aromatic heterocycles. The van der Waals surface area contributed by atoms with Gasteiger partial charge in [0.25, 0.3) is 0 Å². The average Bonchev–Trinajstić information content (AvgIpc) is 2.27. The maximum atomic E-state index is 5.93. The number of nitrogens with two attached hydrogens (primary N) is 1. The molecule has 0 fully saturated rings. The molecular formula is C10H8BrClN4. The van der Waals surface area contributed by atoms with Crippen LogP contribution >= 0.6 is 27.5 Å². The van der Waals surface area contributed by atoms with Crippen molar-refractivity contribution in [3.8, 4) is 0 Å². The molecule has 0 atom stereocenters. The van der Waals surface area contributed by atoms with Crippen LogP contribution in [0.5, 0.6) is 0 Å². The Morgan fingerprint density at radius 1 is 1.25 bits per heavy atom. The van der Waals surface area contributed by atoms with Gasteiger partial charge in [-0.2, -0.15) is 4.98 Å². The lowest BCUT2D eigenvalue weighted by molar-refractivity contribution is 1.18. The van der Waals surface area contributed by atoms with Crippen LogP contribution in [0.2, 0.25) is 5.02 Å². The SMILES string of the molecule is Nc1ncc(Cl)c(Nc2ccc(Br)cc2)n1. The first-order chi connectivity index (χ1) is 7.65. The van der Waals surface area contributed by atoms with Crippen molar-refractivity contribution in [2.24, 2.45) is 0 Å². The lowest BCUT2D eigenvalue weighted by Gasteiger charge is -2.07. The van der Waals surface area contributed by atoms with Crippen molar-refractivity contribution in [2.75, 3.05) is 11.1 Å². The normalized spacial score (nSPS) is 10.1. The summed E-state index contributed by atoms with van der Waals surface area (Å²) in [7, 11) is 0. The quantitative estimate of drug-likeness (QED) is 0.893. The summed E-state index contributed by atoms with van der Waals surface area (Å²) in [5.41, 5.74) is 6.35. The van der Waals surface area contributed by atoms with Crippen molar-refractivity contribution in [2.45, 2.75) is 0 Å². The van der Waals surface area contributed by atoms with E-state index in [1.54, 1.807) is 0 Å². The first-order valence-electron chi connectivity index (χ1n) is 4.46. The van der Waals surface area contributed by atoms with E-state index in [4.69, 9.17) is 17.3 Å². The largest absolute Gasteiger partial charge is 0.368 e. The molecule has 0 aliphatic heterocycles. The second-order valence-corrected chi connectivity index (χ2v) is 4.38. The number of benzene rings is 1. The van der Waals surface area contributed by atoms with Gasteiger partial charge in [-0.05, 0) is 24.3 Å².